The van der Waals surface area contributed by atoms with Crippen LogP contribution >= 0.6 is 0 Å². The molecule has 0 bridgehead atoms. The number of aryl methyl sites for hydroxylation is 2. The maximum Gasteiger partial charge on any atom is 2.00 e. The van der Waals surface area contributed by atoms with E-state index >= 15 is 0 Å². The Bertz CT molecular complexity index is 1280. The van der Waals surface area contributed by atoms with Crippen LogP contribution in [-0.2, 0) is 33.9 Å². The van der Waals surface area contributed by atoms with Gasteiger partial charge in [-0.25, -0.2) is 0 Å². The molecule has 0 saturated carbocycles. The van der Waals surface area contributed by atoms with Crippen LogP contribution in [0, 0.1) is 11.8 Å². The molecule has 0 aliphatic heterocycles. The first kappa shape index (κ1) is 46.2. The van der Waals surface area contributed by atoms with E-state index < -0.39 is 0 Å². The van der Waals surface area contributed by atoms with Crippen LogP contribution in [-0.4, -0.2) is 20.4 Å². The van der Waals surface area contributed by atoms with Crippen molar-refractivity contribution in [1.29, 1.82) is 0 Å². The number of benzene rings is 2. The van der Waals surface area contributed by atoms with Crippen LogP contribution in [0.3, 0.4) is 0 Å². The number of rotatable bonds is 12. The van der Waals surface area contributed by atoms with E-state index in [0.29, 0.717) is 11.1 Å². The van der Waals surface area contributed by atoms with Crippen LogP contribution in [0.1, 0.15) is 140 Å². The third-order valence-electron chi connectivity index (χ3n) is 9.96. The van der Waals surface area contributed by atoms with Gasteiger partial charge in [-0.2, -0.15) is 0 Å². The summed E-state index contributed by atoms with van der Waals surface area (Å²) in [4.78, 5) is 0. The van der Waals surface area contributed by atoms with Crippen LogP contribution in [0.2, 0.25) is 0 Å². The molecule has 2 aromatic rings. The summed E-state index contributed by atoms with van der Waals surface area (Å²) in [6.45, 7) is 20.9. The summed E-state index contributed by atoms with van der Waals surface area (Å²) in [5, 5.41) is 42.2. The summed E-state index contributed by atoms with van der Waals surface area (Å²) in [5.41, 5.74) is 8.22. The zero-order valence-electron chi connectivity index (χ0n) is 30.9. The van der Waals surface area contributed by atoms with Crippen molar-refractivity contribution < 1.29 is 41.5 Å². The smallest absolute Gasteiger partial charge is 0.693 e. The number of aromatic hydroxyl groups is 4. The first-order chi connectivity index (χ1) is 21.9. The van der Waals surface area contributed by atoms with Gasteiger partial charge >= 0.3 is 21.1 Å². The molecule has 2 aliphatic carbocycles. The zero-order valence-corrected chi connectivity index (χ0v) is 33.2. The molecule has 0 aromatic heterocycles. The molecule has 0 radical (unpaired) electrons. The van der Waals surface area contributed by atoms with Crippen molar-refractivity contribution in [2.75, 3.05) is 0 Å². The van der Waals surface area contributed by atoms with Gasteiger partial charge in [0, 0.05) is 23.0 Å². The van der Waals surface area contributed by atoms with E-state index in [4.69, 9.17) is 0 Å². The van der Waals surface area contributed by atoms with Crippen molar-refractivity contribution in [1.82, 2.24) is 0 Å². The molecule has 4 atom stereocenters. The number of unbranched alkanes of at least 4 members (excludes halogenated alkanes) is 4. The van der Waals surface area contributed by atoms with Crippen molar-refractivity contribution in [3.63, 3.8) is 0 Å². The summed E-state index contributed by atoms with van der Waals surface area (Å²) in [7, 11) is 0. The fourth-order valence-corrected chi connectivity index (χ4v) is 7.30. The molecule has 8 N–H and O–H groups in total. The summed E-state index contributed by atoms with van der Waals surface area (Å²) in [6.07, 6.45) is 17.2. The van der Waals surface area contributed by atoms with Gasteiger partial charge in [0.2, 0.25) is 0 Å². The fraction of sp³-hybridized carbons (Fsp3) is 0.524. The number of phenolic OH excluding ortho intramolecular Hbond substituents is 4. The van der Waals surface area contributed by atoms with Crippen LogP contribution < -0.4 is 0 Å². The molecule has 49 heavy (non-hydrogen) atoms. The maximum absolute atomic E-state index is 10.5. The Morgan fingerprint density at radius 1 is 0.612 bits per heavy atom. The molecule has 7 heteroatoms. The molecule has 0 spiro atoms. The molecule has 6 nitrogen and oxygen atoms in total. The molecule has 0 heterocycles. The van der Waals surface area contributed by atoms with E-state index in [9.17, 15) is 20.4 Å². The largest absolute Gasteiger partial charge is 2.00 e. The Kier molecular flexibility index (Phi) is 20.9. The number of nitrogens with two attached hydrogens (primary N) is 2. The third kappa shape index (κ3) is 12.8. The van der Waals surface area contributed by atoms with Crippen molar-refractivity contribution in [3.05, 3.63) is 106 Å². The van der Waals surface area contributed by atoms with E-state index in [1.54, 1.807) is 0 Å². The van der Waals surface area contributed by atoms with E-state index in [-0.39, 0.29) is 80.0 Å². The predicted molar refractivity (Wildman–Crippen MR) is 205 cm³/mol. The zero-order chi connectivity index (χ0) is 34.0. The molecule has 2 aromatic carbocycles. The van der Waals surface area contributed by atoms with E-state index in [2.05, 4.69) is 53.0 Å². The minimum Gasteiger partial charge on any atom is -0.693 e. The van der Waals surface area contributed by atoms with E-state index in [1.165, 1.54) is 36.8 Å². The fourth-order valence-electron chi connectivity index (χ4n) is 7.30. The van der Waals surface area contributed by atoms with Gasteiger partial charge in [-0.1, -0.05) is 87.1 Å². The molecule has 0 amide bonds. The molecule has 2 aliphatic rings. The van der Waals surface area contributed by atoms with Crippen LogP contribution in [0.25, 0.3) is 12.3 Å². The first-order valence-electron chi connectivity index (χ1n) is 17.6. The third-order valence-corrected chi connectivity index (χ3v) is 9.96. The normalized spacial score (nSPS) is 19.8. The van der Waals surface area contributed by atoms with Gasteiger partial charge in [-0.05, 0) is 126 Å². The maximum atomic E-state index is 10.5. The van der Waals surface area contributed by atoms with Gasteiger partial charge in [0.05, 0.1) is 0 Å². The molecule has 0 fully saturated rings. The van der Waals surface area contributed by atoms with Crippen LogP contribution in [0.15, 0.2) is 71.9 Å². The number of allylic oxidation sites excluding steroid dienone is 6. The van der Waals surface area contributed by atoms with Crippen LogP contribution in [0.4, 0.5) is 0 Å². The second-order valence-electron chi connectivity index (χ2n) is 14.1. The Labute approximate surface area is 312 Å². The van der Waals surface area contributed by atoms with Gasteiger partial charge in [0.25, 0.3) is 0 Å². The van der Waals surface area contributed by atoms with Crippen LogP contribution in [0.5, 0.6) is 23.0 Å². The van der Waals surface area contributed by atoms with E-state index in [1.807, 2.05) is 38.1 Å². The van der Waals surface area contributed by atoms with Gasteiger partial charge < -0.3 is 32.7 Å². The topological polar surface area (TPSA) is 148 Å². The van der Waals surface area contributed by atoms with Gasteiger partial charge in [-0.15, -0.1) is 0 Å². The first-order valence-corrected chi connectivity index (χ1v) is 17.6. The minimum absolute atomic E-state index is 0. The Hall–Kier alpha value is -2.79. The summed E-state index contributed by atoms with van der Waals surface area (Å²) < 4.78 is 0. The quantitative estimate of drug-likeness (QED) is 0.124. The van der Waals surface area contributed by atoms with Gasteiger partial charge in [-0.3, -0.25) is 0 Å². The average Bonchev–Trinajstić information content (AvgIpc) is 2.97. The van der Waals surface area contributed by atoms with Crippen molar-refractivity contribution >= 4 is 0 Å². The van der Waals surface area contributed by atoms with Crippen molar-refractivity contribution in [2.45, 2.75) is 130 Å². The Morgan fingerprint density at radius 2 is 0.918 bits per heavy atom. The number of hydrogen-bond donors (Lipinski definition) is 4. The Balaban J connectivity index is 0.000000886. The second kappa shape index (κ2) is 22.1. The Morgan fingerprint density at radius 3 is 1.18 bits per heavy atom. The SMILES string of the molecule is C=C(C)[C@H]1CCC(C)=C[C@@H]1c1c(O)cc(CCCCC)cc1O.C=C(C)[C@H]1CCC(C)=C[C@@H]1c1c(O)cc(CCCCC)cc1O.[NH2-].[NH2-].[Pt+2]. The van der Waals surface area contributed by atoms with Gasteiger partial charge in [0.1, 0.15) is 23.0 Å². The van der Waals surface area contributed by atoms with Crippen molar-refractivity contribution in [3.8, 4) is 23.0 Å². The molecule has 276 valence electrons. The molecule has 0 saturated heterocycles. The van der Waals surface area contributed by atoms with Crippen molar-refractivity contribution in [2.24, 2.45) is 11.8 Å². The number of hydrogen-bond acceptors (Lipinski definition) is 4. The summed E-state index contributed by atoms with van der Waals surface area (Å²) in [6, 6.07) is 7.33. The predicted octanol–water partition coefficient (Wildman–Crippen LogP) is 13.1. The summed E-state index contributed by atoms with van der Waals surface area (Å²) in [5.74, 6) is 1.48. The summed E-state index contributed by atoms with van der Waals surface area (Å²) >= 11 is 0. The average molecular weight is 856 g/mol. The molecule has 4 rings (SSSR count). The van der Waals surface area contributed by atoms with Gasteiger partial charge in [0.15, 0.2) is 0 Å². The monoisotopic (exact) mass is 855 g/mol. The molecular weight excluding hydrogens is 792 g/mol. The van der Waals surface area contributed by atoms with E-state index in [0.717, 1.165) is 73.6 Å². The molecular formula is C42H64N2O4Pt. The second-order valence-corrected chi connectivity index (χ2v) is 14.1. The minimum atomic E-state index is 0. The number of phenols is 4. The standard InChI is InChI=1S/2C21H30O2.2H2N.Pt/c2*1-5-6-7-8-16-12-19(22)21(20(23)13-16)18-11-15(4)9-10-17(18)14(2)3;;;/h2*11-13,17-18,22-23H,2,5-10H2,1,3-4H3;2*1H2;/q;;2*-1;+2/t2*17-,18+;;;/m11.../s1. The molecule has 0 unspecified atom stereocenters.